The average Bonchev–Trinajstić information content (AvgIpc) is 2.01. The summed E-state index contributed by atoms with van der Waals surface area (Å²) in [4.78, 5) is 10.7. The first-order valence-corrected chi connectivity index (χ1v) is 3.68. The van der Waals surface area contributed by atoms with Crippen LogP contribution in [-0.4, -0.2) is 31.8 Å². The molecule has 0 spiro atoms. The zero-order valence-electron chi connectivity index (χ0n) is 7.41. The van der Waals surface area contributed by atoms with E-state index in [1.807, 2.05) is 0 Å². The molecule has 0 bridgehead atoms. The Labute approximate surface area is 78.8 Å². The van der Waals surface area contributed by atoms with E-state index >= 15 is 0 Å². The van der Waals surface area contributed by atoms with E-state index in [0.717, 1.165) is 0 Å². The highest BCUT2D eigenvalue weighted by Gasteiger charge is 2.04. The van der Waals surface area contributed by atoms with Gasteiger partial charge in [-0.1, -0.05) is 0 Å². The average molecular weight is 198 g/mol. The van der Waals surface area contributed by atoms with E-state index in [-0.39, 0.29) is 31.1 Å². The summed E-state index contributed by atoms with van der Waals surface area (Å²) in [6.07, 6.45) is -0.0839. The van der Waals surface area contributed by atoms with Crippen LogP contribution < -0.4 is 5.73 Å². The number of esters is 1. The fraction of sp³-hybridized carbons (Fsp3) is 0.857. The lowest BCUT2D eigenvalue weighted by atomic mass is 10.4. The van der Waals surface area contributed by atoms with Crippen molar-refractivity contribution in [3.05, 3.63) is 0 Å². The van der Waals surface area contributed by atoms with Crippen LogP contribution in [-0.2, 0) is 14.3 Å². The van der Waals surface area contributed by atoms with Gasteiger partial charge in [-0.3, -0.25) is 0 Å². The van der Waals surface area contributed by atoms with Crippen molar-refractivity contribution in [2.75, 3.05) is 19.8 Å². The quantitative estimate of drug-likeness (QED) is 0.646. The molecule has 4 nitrogen and oxygen atoms in total. The van der Waals surface area contributed by atoms with Crippen LogP contribution in [0.15, 0.2) is 0 Å². The number of carbonyl (C=O) groups is 1. The molecular formula is C7H16ClNO3. The molecule has 0 aliphatic carbocycles. The van der Waals surface area contributed by atoms with Gasteiger partial charge in [0.25, 0.3) is 0 Å². The lowest BCUT2D eigenvalue weighted by Crippen LogP contribution is -2.24. The number of ether oxygens (including phenoxy) is 2. The highest BCUT2D eigenvalue weighted by atomic mass is 35.5. The summed E-state index contributed by atoms with van der Waals surface area (Å²) >= 11 is 0. The second kappa shape index (κ2) is 8.77. The maximum absolute atomic E-state index is 10.7. The SMILES string of the molecule is CCOC(=O)COC(C)CN.Cl. The maximum Gasteiger partial charge on any atom is 0.332 e. The van der Waals surface area contributed by atoms with Crippen molar-refractivity contribution in [1.29, 1.82) is 0 Å². The van der Waals surface area contributed by atoms with Gasteiger partial charge < -0.3 is 15.2 Å². The van der Waals surface area contributed by atoms with Gasteiger partial charge in [0.05, 0.1) is 12.7 Å². The number of nitrogens with two attached hydrogens (primary N) is 1. The first kappa shape index (κ1) is 14.2. The molecule has 0 radical (unpaired) electrons. The van der Waals surface area contributed by atoms with Gasteiger partial charge in [-0.2, -0.15) is 0 Å². The van der Waals surface area contributed by atoms with E-state index in [2.05, 4.69) is 4.74 Å². The van der Waals surface area contributed by atoms with Crippen molar-refractivity contribution >= 4 is 18.4 Å². The van der Waals surface area contributed by atoms with Gasteiger partial charge in [-0.05, 0) is 13.8 Å². The molecule has 0 rings (SSSR count). The second-order valence-corrected chi connectivity index (χ2v) is 2.16. The topological polar surface area (TPSA) is 61.5 Å². The Morgan fingerprint density at radius 2 is 2.17 bits per heavy atom. The predicted octanol–water partition coefficient (Wildman–Crippen LogP) is 0.335. The minimum absolute atomic E-state index is 0. The molecule has 12 heavy (non-hydrogen) atoms. The molecule has 0 fully saturated rings. The molecule has 1 unspecified atom stereocenters. The lowest BCUT2D eigenvalue weighted by Gasteiger charge is -2.08. The van der Waals surface area contributed by atoms with Crippen molar-refractivity contribution in [2.45, 2.75) is 20.0 Å². The minimum Gasteiger partial charge on any atom is -0.464 e. The molecule has 0 heterocycles. The van der Waals surface area contributed by atoms with Gasteiger partial charge in [-0.15, -0.1) is 12.4 Å². The molecule has 0 aliphatic rings. The van der Waals surface area contributed by atoms with Crippen molar-refractivity contribution in [2.24, 2.45) is 5.73 Å². The van der Waals surface area contributed by atoms with Crippen LogP contribution in [0.5, 0.6) is 0 Å². The monoisotopic (exact) mass is 197 g/mol. The Bertz CT molecular complexity index is 121. The summed E-state index contributed by atoms with van der Waals surface area (Å²) in [7, 11) is 0. The van der Waals surface area contributed by atoms with Crippen LogP contribution in [0.2, 0.25) is 0 Å². The Kier molecular flexibility index (Phi) is 10.4. The van der Waals surface area contributed by atoms with Gasteiger partial charge in [-0.25, -0.2) is 4.79 Å². The third-order valence-electron chi connectivity index (χ3n) is 1.12. The summed E-state index contributed by atoms with van der Waals surface area (Å²) in [5.74, 6) is -0.340. The maximum atomic E-state index is 10.7. The first-order valence-electron chi connectivity index (χ1n) is 3.68. The van der Waals surface area contributed by atoms with E-state index in [1.54, 1.807) is 13.8 Å². The number of hydrogen-bond donors (Lipinski definition) is 1. The summed E-state index contributed by atoms with van der Waals surface area (Å²) in [6, 6.07) is 0. The normalized spacial score (nSPS) is 11.6. The zero-order valence-corrected chi connectivity index (χ0v) is 8.23. The molecule has 2 N–H and O–H groups in total. The predicted molar refractivity (Wildman–Crippen MR) is 48.3 cm³/mol. The highest BCUT2D eigenvalue weighted by Crippen LogP contribution is 1.88. The molecule has 0 aromatic heterocycles. The molecule has 0 amide bonds. The third-order valence-corrected chi connectivity index (χ3v) is 1.12. The van der Waals surface area contributed by atoms with E-state index < -0.39 is 0 Å². The van der Waals surface area contributed by atoms with Gasteiger partial charge in [0, 0.05) is 6.54 Å². The van der Waals surface area contributed by atoms with Crippen LogP contribution in [0.3, 0.4) is 0 Å². The molecule has 74 valence electrons. The van der Waals surface area contributed by atoms with E-state index in [9.17, 15) is 4.79 Å². The van der Waals surface area contributed by atoms with Crippen molar-refractivity contribution in [3.63, 3.8) is 0 Å². The molecule has 0 aliphatic heterocycles. The van der Waals surface area contributed by atoms with E-state index in [0.29, 0.717) is 13.2 Å². The van der Waals surface area contributed by atoms with Crippen LogP contribution in [0, 0.1) is 0 Å². The zero-order chi connectivity index (χ0) is 8.69. The van der Waals surface area contributed by atoms with E-state index in [1.165, 1.54) is 0 Å². The second-order valence-electron chi connectivity index (χ2n) is 2.16. The summed E-state index contributed by atoms with van der Waals surface area (Å²) in [6.45, 7) is 4.36. The molecular weight excluding hydrogens is 182 g/mol. The number of rotatable bonds is 5. The van der Waals surface area contributed by atoms with Crippen LogP contribution in [0.25, 0.3) is 0 Å². The molecule has 1 atom stereocenters. The lowest BCUT2D eigenvalue weighted by molar-refractivity contribution is -0.150. The fourth-order valence-corrected chi connectivity index (χ4v) is 0.481. The van der Waals surface area contributed by atoms with Crippen molar-refractivity contribution in [3.8, 4) is 0 Å². The van der Waals surface area contributed by atoms with Crippen LogP contribution >= 0.6 is 12.4 Å². The highest BCUT2D eigenvalue weighted by molar-refractivity contribution is 5.85. The largest absolute Gasteiger partial charge is 0.464 e. The van der Waals surface area contributed by atoms with Gasteiger partial charge in [0.15, 0.2) is 0 Å². The Hall–Kier alpha value is -0.320. The van der Waals surface area contributed by atoms with Gasteiger partial charge in [0.1, 0.15) is 6.61 Å². The number of carbonyl (C=O) groups excluding carboxylic acids is 1. The fourth-order valence-electron chi connectivity index (χ4n) is 0.481. The van der Waals surface area contributed by atoms with Crippen molar-refractivity contribution < 1.29 is 14.3 Å². The van der Waals surface area contributed by atoms with Crippen molar-refractivity contribution in [1.82, 2.24) is 0 Å². The van der Waals surface area contributed by atoms with Crippen LogP contribution in [0.4, 0.5) is 0 Å². The molecule has 0 saturated carbocycles. The van der Waals surface area contributed by atoms with Gasteiger partial charge in [0.2, 0.25) is 0 Å². The van der Waals surface area contributed by atoms with Crippen LogP contribution in [0.1, 0.15) is 13.8 Å². The summed E-state index contributed by atoms with van der Waals surface area (Å²) in [5.41, 5.74) is 5.26. The molecule has 0 aromatic carbocycles. The standard InChI is InChI=1S/C7H15NO3.ClH/c1-3-10-7(9)5-11-6(2)4-8;/h6H,3-5,8H2,1-2H3;1H. The first-order chi connectivity index (χ1) is 5.20. The molecule has 0 saturated heterocycles. The minimum atomic E-state index is -0.340. The smallest absolute Gasteiger partial charge is 0.332 e. The Morgan fingerprint density at radius 1 is 1.58 bits per heavy atom. The summed E-state index contributed by atoms with van der Waals surface area (Å²) < 4.78 is 9.64. The number of halogens is 1. The molecule has 0 aromatic rings. The summed E-state index contributed by atoms with van der Waals surface area (Å²) in [5, 5.41) is 0. The third kappa shape index (κ3) is 7.78. The molecule has 5 heteroatoms. The van der Waals surface area contributed by atoms with E-state index in [4.69, 9.17) is 10.5 Å². The number of hydrogen-bond acceptors (Lipinski definition) is 4. The van der Waals surface area contributed by atoms with Gasteiger partial charge >= 0.3 is 5.97 Å². The Balaban J connectivity index is 0. The Morgan fingerprint density at radius 3 is 2.58 bits per heavy atom.